The number of aliphatic hydroxyl groups excluding tert-OH is 1. The van der Waals surface area contributed by atoms with Crippen molar-refractivity contribution in [3.63, 3.8) is 0 Å². The highest BCUT2D eigenvalue weighted by molar-refractivity contribution is 7.89. The Morgan fingerprint density at radius 2 is 2.11 bits per heavy atom. The van der Waals surface area contributed by atoms with Gasteiger partial charge in [0.05, 0.1) is 5.02 Å². The van der Waals surface area contributed by atoms with Crippen molar-refractivity contribution < 1.29 is 27.8 Å². The van der Waals surface area contributed by atoms with Gasteiger partial charge >= 0.3 is 5.97 Å². The maximum Gasteiger partial charge on any atom is 0.332 e. The molecular formula is C10H11ClFNO5S. The predicted molar refractivity (Wildman–Crippen MR) is 64.9 cm³/mol. The van der Waals surface area contributed by atoms with Crippen LogP contribution in [0.2, 0.25) is 5.02 Å². The van der Waals surface area contributed by atoms with Crippen LogP contribution in [-0.4, -0.2) is 37.2 Å². The van der Waals surface area contributed by atoms with Crippen molar-refractivity contribution in [1.29, 1.82) is 0 Å². The number of aliphatic hydroxyl groups is 1. The number of nitrogens with one attached hydrogen (secondary N) is 1. The molecule has 0 spiro atoms. The van der Waals surface area contributed by atoms with Gasteiger partial charge in [-0.15, -0.1) is 0 Å². The van der Waals surface area contributed by atoms with Crippen LogP contribution in [0.4, 0.5) is 4.39 Å². The molecule has 6 nitrogen and oxygen atoms in total. The number of carbonyl (C=O) groups is 1. The number of sulfonamides is 1. The summed E-state index contributed by atoms with van der Waals surface area (Å²) in [7, 11) is -4.15. The van der Waals surface area contributed by atoms with E-state index in [2.05, 4.69) is 0 Å². The Bertz CT molecular complexity index is 577. The lowest BCUT2D eigenvalue weighted by Crippen LogP contribution is -2.30. The third-order valence-corrected chi connectivity index (χ3v) is 3.97. The summed E-state index contributed by atoms with van der Waals surface area (Å²) in [4.78, 5) is 9.68. The Morgan fingerprint density at radius 3 is 2.68 bits per heavy atom. The van der Waals surface area contributed by atoms with Crippen molar-refractivity contribution in [3.05, 3.63) is 29.0 Å². The number of carboxylic acid groups (broad SMARTS) is 1. The quantitative estimate of drug-likeness (QED) is 0.713. The maximum absolute atomic E-state index is 13.5. The summed E-state index contributed by atoms with van der Waals surface area (Å²) < 4.78 is 38.9. The molecule has 1 atom stereocenters. The SMILES string of the molecule is O=C(O)[C@@H](O)CCNS(=O)(=O)c1cccc(Cl)c1F. The summed E-state index contributed by atoms with van der Waals surface area (Å²) in [5, 5.41) is 17.0. The third-order valence-electron chi connectivity index (χ3n) is 2.20. The van der Waals surface area contributed by atoms with Gasteiger partial charge in [0.15, 0.2) is 11.9 Å². The molecular weight excluding hydrogens is 301 g/mol. The third kappa shape index (κ3) is 4.13. The van der Waals surface area contributed by atoms with Crippen LogP contribution in [-0.2, 0) is 14.8 Å². The van der Waals surface area contributed by atoms with E-state index in [-0.39, 0.29) is 18.0 Å². The van der Waals surface area contributed by atoms with Crippen molar-refractivity contribution >= 4 is 27.6 Å². The van der Waals surface area contributed by atoms with Crippen molar-refractivity contribution in [2.75, 3.05) is 6.54 Å². The molecule has 0 saturated carbocycles. The molecule has 0 aromatic heterocycles. The zero-order valence-electron chi connectivity index (χ0n) is 9.51. The fraction of sp³-hybridized carbons (Fsp3) is 0.300. The van der Waals surface area contributed by atoms with Crippen LogP contribution in [0.15, 0.2) is 23.1 Å². The number of rotatable bonds is 6. The number of halogens is 2. The summed E-state index contributed by atoms with van der Waals surface area (Å²) in [6, 6.07) is 3.49. The van der Waals surface area contributed by atoms with Crippen LogP contribution in [0, 0.1) is 5.82 Å². The first-order chi connectivity index (χ1) is 8.75. The number of benzene rings is 1. The Morgan fingerprint density at radius 1 is 1.47 bits per heavy atom. The molecule has 0 heterocycles. The molecule has 9 heteroatoms. The molecule has 0 aliphatic heterocycles. The standard InChI is InChI=1S/C10H11ClFNO5S/c11-6-2-1-3-8(9(6)12)19(17,18)13-5-4-7(14)10(15)16/h1-3,7,13-14H,4-5H2,(H,15,16)/t7-/m0/s1. The lowest BCUT2D eigenvalue weighted by molar-refractivity contribution is -0.146. The molecule has 0 fully saturated rings. The largest absolute Gasteiger partial charge is 0.479 e. The molecule has 0 radical (unpaired) electrons. The molecule has 0 aliphatic rings. The minimum absolute atomic E-state index is 0.337. The lowest BCUT2D eigenvalue weighted by Gasteiger charge is -2.09. The highest BCUT2D eigenvalue weighted by Gasteiger charge is 2.21. The summed E-state index contributed by atoms with van der Waals surface area (Å²) in [5.41, 5.74) is 0. The number of hydrogen-bond acceptors (Lipinski definition) is 4. The fourth-order valence-corrected chi connectivity index (χ4v) is 2.60. The van der Waals surface area contributed by atoms with Gasteiger partial charge in [0.2, 0.25) is 10.0 Å². The molecule has 1 rings (SSSR count). The van der Waals surface area contributed by atoms with Crippen LogP contribution in [0.1, 0.15) is 6.42 Å². The van der Waals surface area contributed by atoms with E-state index in [4.69, 9.17) is 21.8 Å². The number of hydrogen-bond donors (Lipinski definition) is 3. The van der Waals surface area contributed by atoms with Gasteiger partial charge in [-0.05, 0) is 18.6 Å². The van der Waals surface area contributed by atoms with E-state index >= 15 is 0 Å². The van der Waals surface area contributed by atoms with Crippen molar-refractivity contribution in [1.82, 2.24) is 4.72 Å². The summed E-state index contributed by atoms with van der Waals surface area (Å²) >= 11 is 5.46. The number of aliphatic carboxylic acids is 1. The summed E-state index contributed by atoms with van der Waals surface area (Å²) in [5.74, 6) is -2.55. The lowest BCUT2D eigenvalue weighted by atomic mass is 10.3. The second kappa shape index (κ2) is 6.29. The van der Waals surface area contributed by atoms with Gasteiger partial charge in [0, 0.05) is 6.54 Å². The first kappa shape index (κ1) is 15.8. The number of carboxylic acids is 1. The van der Waals surface area contributed by atoms with E-state index in [1.165, 1.54) is 12.1 Å². The minimum Gasteiger partial charge on any atom is -0.479 e. The minimum atomic E-state index is -4.15. The van der Waals surface area contributed by atoms with Gasteiger partial charge < -0.3 is 10.2 Å². The monoisotopic (exact) mass is 311 g/mol. The van der Waals surface area contributed by atoms with E-state index in [9.17, 15) is 17.6 Å². The average molecular weight is 312 g/mol. The van der Waals surface area contributed by atoms with Gasteiger partial charge in [-0.1, -0.05) is 17.7 Å². The molecule has 0 saturated heterocycles. The predicted octanol–water partition coefficient (Wildman–Crippen LogP) is 0.593. The molecule has 0 unspecified atom stereocenters. The van der Waals surface area contributed by atoms with Gasteiger partial charge in [-0.3, -0.25) is 0 Å². The van der Waals surface area contributed by atoms with E-state index < -0.39 is 32.8 Å². The average Bonchev–Trinajstić information content (AvgIpc) is 2.31. The zero-order chi connectivity index (χ0) is 14.6. The zero-order valence-corrected chi connectivity index (χ0v) is 11.1. The Kier molecular flexibility index (Phi) is 5.24. The van der Waals surface area contributed by atoms with Crippen LogP contribution < -0.4 is 4.72 Å². The second-order valence-electron chi connectivity index (χ2n) is 3.59. The van der Waals surface area contributed by atoms with Gasteiger partial charge in [-0.25, -0.2) is 22.3 Å². The van der Waals surface area contributed by atoms with Crippen LogP contribution in [0.25, 0.3) is 0 Å². The summed E-state index contributed by atoms with van der Waals surface area (Å²) in [6.07, 6.45) is -2.02. The smallest absolute Gasteiger partial charge is 0.332 e. The topological polar surface area (TPSA) is 104 Å². The first-order valence-corrected chi connectivity index (χ1v) is 6.96. The molecule has 1 aromatic rings. The van der Waals surface area contributed by atoms with Gasteiger partial charge in [0.25, 0.3) is 0 Å². The van der Waals surface area contributed by atoms with E-state index in [1.807, 2.05) is 4.72 Å². The van der Waals surface area contributed by atoms with Crippen molar-refractivity contribution in [2.45, 2.75) is 17.4 Å². The van der Waals surface area contributed by atoms with Crippen LogP contribution >= 0.6 is 11.6 Å². The summed E-state index contributed by atoms with van der Waals surface area (Å²) in [6.45, 7) is -0.345. The van der Waals surface area contributed by atoms with E-state index in [1.54, 1.807) is 0 Å². The highest BCUT2D eigenvalue weighted by atomic mass is 35.5. The van der Waals surface area contributed by atoms with Gasteiger partial charge in [0.1, 0.15) is 4.90 Å². The van der Waals surface area contributed by atoms with Crippen LogP contribution in [0.3, 0.4) is 0 Å². The highest BCUT2D eigenvalue weighted by Crippen LogP contribution is 2.21. The normalized spacial score (nSPS) is 13.2. The second-order valence-corrected chi connectivity index (χ2v) is 5.74. The van der Waals surface area contributed by atoms with E-state index in [0.29, 0.717) is 0 Å². The molecule has 106 valence electrons. The fourth-order valence-electron chi connectivity index (χ4n) is 1.22. The van der Waals surface area contributed by atoms with Crippen molar-refractivity contribution in [2.24, 2.45) is 0 Å². The molecule has 3 N–H and O–H groups in total. The van der Waals surface area contributed by atoms with Crippen LogP contribution in [0.5, 0.6) is 0 Å². The molecule has 19 heavy (non-hydrogen) atoms. The first-order valence-electron chi connectivity index (χ1n) is 5.10. The Hall–Kier alpha value is -1.22. The molecule has 1 aromatic carbocycles. The molecule has 0 bridgehead atoms. The maximum atomic E-state index is 13.5. The molecule has 0 aliphatic carbocycles. The Labute approximate surface area is 113 Å². The molecule has 0 amide bonds. The van der Waals surface area contributed by atoms with Gasteiger partial charge in [-0.2, -0.15) is 0 Å². The van der Waals surface area contributed by atoms with Crippen molar-refractivity contribution in [3.8, 4) is 0 Å². The Balaban J connectivity index is 2.77. The van der Waals surface area contributed by atoms with E-state index in [0.717, 1.165) is 6.07 Å².